The number of hydrogen-bond acceptors (Lipinski definition) is 4. The maximum atomic E-state index is 6.27. The fraction of sp³-hybridized carbons (Fsp3) is 0.0357. The van der Waals surface area contributed by atoms with E-state index in [0.29, 0.717) is 18.3 Å². The molecule has 0 aliphatic carbocycles. The predicted octanol–water partition coefficient (Wildman–Crippen LogP) is 7.09. The third-order valence-corrected chi connectivity index (χ3v) is 5.97. The third-order valence-electron chi connectivity index (χ3n) is 5.80. The lowest BCUT2D eigenvalue weighted by Crippen LogP contribution is -2.07. The first-order chi connectivity index (χ1) is 16.3. The van der Waals surface area contributed by atoms with Gasteiger partial charge in [0.25, 0.3) is 0 Å². The van der Waals surface area contributed by atoms with Gasteiger partial charge in [-0.15, -0.1) is 0 Å². The SMILES string of the molecule is Clc1nc(-c2ccccc2)nc(-c2cccc(-c3cccc4c3COc3ccccc3-4)c2)n1. The van der Waals surface area contributed by atoms with Crippen LogP contribution in [0, 0.1) is 0 Å². The highest BCUT2D eigenvalue weighted by molar-refractivity contribution is 6.28. The summed E-state index contributed by atoms with van der Waals surface area (Å²) < 4.78 is 6.06. The molecule has 4 nitrogen and oxygen atoms in total. The maximum absolute atomic E-state index is 6.27. The van der Waals surface area contributed by atoms with Gasteiger partial charge >= 0.3 is 0 Å². The van der Waals surface area contributed by atoms with Crippen LogP contribution in [0.4, 0.5) is 0 Å². The number of hydrogen-bond donors (Lipinski definition) is 0. The molecule has 0 unspecified atom stereocenters. The quantitative estimate of drug-likeness (QED) is 0.296. The fourth-order valence-electron chi connectivity index (χ4n) is 4.25. The largest absolute Gasteiger partial charge is 0.488 e. The van der Waals surface area contributed by atoms with Crippen molar-refractivity contribution < 1.29 is 4.74 Å². The number of aromatic nitrogens is 3. The second kappa shape index (κ2) is 8.15. The Morgan fingerprint density at radius 3 is 2.09 bits per heavy atom. The van der Waals surface area contributed by atoms with E-state index in [1.54, 1.807) is 0 Å². The normalized spacial score (nSPS) is 11.9. The standard InChI is InChI=1S/C28H18ClN3O/c29-28-31-26(18-8-2-1-3-9-18)30-27(32-28)20-11-6-10-19(16-20)21-13-7-14-22-23-12-4-5-15-25(23)33-17-24(21)22/h1-16H,17H2. The molecule has 1 aliphatic heterocycles. The third kappa shape index (κ3) is 3.65. The van der Waals surface area contributed by atoms with E-state index in [4.69, 9.17) is 21.3 Å². The number of fused-ring (bicyclic) bond motifs is 3. The molecule has 0 bridgehead atoms. The van der Waals surface area contributed by atoms with Gasteiger partial charge in [0.2, 0.25) is 5.28 Å². The van der Waals surface area contributed by atoms with Gasteiger partial charge in [0.05, 0.1) is 0 Å². The number of nitrogens with zero attached hydrogens (tertiary/aromatic N) is 3. The van der Waals surface area contributed by atoms with E-state index in [9.17, 15) is 0 Å². The number of halogens is 1. The van der Waals surface area contributed by atoms with E-state index in [1.165, 1.54) is 11.1 Å². The van der Waals surface area contributed by atoms with E-state index in [1.807, 2.05) is 60.7 Å². The molecule has 0 saturated carbocycles. The zero-order valence-corrected chi connectivity index (χ0v) is 18.3. The number of rotatable bonds is 3. The summed E-state index contributed by atoms with van der Waals surface area (Å²) in [4.78, 5) is 13.4. The molecule has 6 rings (SSSR count). The fourth-order valence-corrected chi connectivity index (χ4v) is 4.41. The summed E-state index contributed by atoms with van der Waals surface area (Å²) in [6.07, 6.45) is 0. The predicted molar refractivity (Wildman–Crippen MR) is 131 cm³/mol. The summed E-state index contributed by atoms with van der Waals surface area (Å²) in [5.41, 5.74) is 7.48. The van der Waals surface area contributed by atoms with Gasteiger partial charge < -0.3 is 4.74 Å². The monoisotopic (exact) mass is 447 g/mol. The molecule has 0 saturated heterocycles. The van der Waals surface area contributed by atoms with Gasteiger partial charge in [0.1, 0.15) is 12.4 Å². The van der Waals surface area contributed by atoms with Crippen LogP contribution in [0.25, 0.3) is 45.0 Å². The molecule has 2 heterocycles. The molecule has 1 aliphatic rings. The van der Waals surface area contributed by atoms with Crippen molar-refractivity contribution in [2.24, 2.45) is 0 Å². The highest BCUT2D eigenvalue weighted by Crippen LogP contribution is 2.41. The molecule has 5 aromatic rings. The Kier molecular flexibility index (Phi) is 4.85. The lowest BCUT2D eigenvalue weighted by atomic mass is 9.90. The molecule has 0 amide bonds. The van der Waals surface area contributed by atoms with Crippen molar-refractivity contribution in [1.82, 2.24) is 15.0 Å². The van der Waals surface area contributed by atoms with Crippen LogP contribution < -0.4 is 4.74 Å². The zero-order valence-electron chi connectivity index (χ0n) is 17.6. The average molecular weight is 448 g/mol. The summed E-state index contributed by atoms with van der Waals surface area (Å²) >= 11 is 6.27. The molecule has 0 fully saturated rings. The van der Waals surface area contributed by atoms with Gasteiger partial charge in [-0.3, -0.25) is 0 Å². The van der Waals surface area contributed by atoms with Crippen molar-refractivity contribution in [2.45, 2.75) is 6.61 Å². The van der Waals surface area contributed by atoms with Gasteiger partial charge in [-0.2, -0.15) is 9.97 Å². The first-order valence-corrected chi connectivity index (χ1v) is 11.1. The molecular formula is C28H18ClN3O. The molecule has 158 valence electrons. The Hall–Kier alpha value is -4.02. The van der Waals surface area contributed by atoms with E-state index in [2.05, 4.69) is 46.4 Å². The van der Waals surface area contributed by atoms with E-state index in [0.717, 1.165) is 33.6 Å². The first-order valence-electron chi connectivity index (χ1n) is 10.7. The highest BCUT2D eigenvalue weighted by atomic mass is 35.5. The molecule has 5 heteroatoms. The lowest BCUT2D eigenvalue weighted by Gasteiger charge is -2.23. The maximum Gasteiger partial charge on any atom is 0.226 e. The second-order valence-corrected chi connectivity index (χ2v) is 8.15. The van der Waals surface area contributed by atoms with Crippen LogP contribution in [0.5, 0.6) is 5.75 Å². The zero-order chi connectivity index (χ0) is 22.2. The summed E-state index contributed by atoms with van der Waals surface area (Å²) in [5.74, 6) is 2.02. The first kappa shape index (κ1) is 19.6. The van der Waals surface area contributed by atoms with Crippen LogP contribution in [-0.4, -0.2) is 15.0 Å². The van der Waals surface area contributed by atoms with Crippen LogP contribution in [0.15, 0.2) is 97.1 Å². The number of ether oxygens (including phenoxy) is 1. The second-order valence-electron chi connectivity index (χ2n) is 7.82. The summed E-state index contributed by atoms with van der Waals surface area (Å²) in [5, 5.41) is 0.173. The van der Waals surface area contributed by atoms with Gasteiger partial charge in [-0.1, -0.05) is 84.9 Å². The Bertz CT molecular complexity index is 1480. The Morgan fingerprint density at radius 2 is 1.21 bits per heavy atom. The van der Waals surface area contributed by atoms with Gasteiger partial charge in [-0.25, -0.2) is 4.98 Å². The molecule has 33 heavy (non-hydrogen) atoms. The van der Waals surface area contributed by atoms with Crippen molar-refractivity contribution in [1.29, 1.82) is 0 Å². The summed E-state index contributed by atoms with van der Waals surface area (Å²) in [6, 6.07) is 32.5. The highest BCUT2D eigenvalue weighted by Gasteiger charge is 2.20. The van der Waals surface area contributed by atoms with Gasteiger partial charge in [0, 0.05) is 22.3 Å². The van der Waals surface area contributed by atoms with Crippen LogP contribution in [0.2, 0.25) is 5.28 Å². The van der Waals surface area contributed by atoms with Crippen LogP contribution >= 0.6 is 11.6 Å². The number of benzene rings is 4. The molecule has 0 atom stereocenters. The molecule has 0 radical (unpaired) electrons. The van der Waals surface area contributed by atoms with E-state index < -0.39 is 0 Å². The van der Waals surface area contributed by atoms with Gasteiger partial charge in [-0.05, 0) is 40.4 Å². The molecule has 1 aromatic heterocycles. The minimum atomic E-state index is 0.173. The minimum Gasteiger partial charge on any atom is -0.488 e. The van der Waals surface area contributed by atoms with Crippen molar-refractivity contribution in [2.75, 3.05) is 0 Å². The summed E-state index contributed by atoms with van der Waals surface area (Å²) in [6.45, 7) is 0.530. The summed E-state index contributed by atoms with van der Waals surface area (Å²) in [7, 11) is 0. The van der Waals surface area contributed by atoms with Crippen LogP contribution in [0.3, 0.4) is 0 Å². The minimum absolute atomic E-state index is 0.173. The van der Waals surface area contributed by atoms with Crippen LogP contribution in [-0.2, 0) is 6.61 Å². The Labute approximate surface area is 196 Å². The molecular weight excluding hydrogens is 430 g/mol. The van der Waals surface area contributed by atoms with Crippen molar-refractivity contribution in [3.05, 3.63) is 108 Å². The molecule has 4 aromatic carbocycles. The number of para-hydroxylation sites is 1. The van der Waals surface area contributed by atoms with E-state index in [-0.39, 0.29) is 5.28 Å². The Morgan fingerprint density at radius 1 is 0.576 bits per heavy atom. The lowest BCUT2D eigenvalue weighted by molar-refractivity contribution is 0.303. The van der Waals surface area contributed by atoms with Crippen molar-refractivity contribution in [3.8, 4) is 50.8 Å². The van der Waals surface area contributed by atoms with E-state index >= 15 is 0 Å². The topological polar surface area (TPSA) is 47.9 Å². The smallest absolute Gasteiger partial charge is 0.226 e. The van der Waals surface area contributed by atoms with Crippen LogP contribution in [0.1, 0.15) is 5.56 Å². The van der Waals surface area contributed by atoms with Crippen molar-refractivity contribution >= 4 is 11.6 Å². The van der Waals surface area contributed by atoms with Crippen molar-refractivity contribution in [3.63, 3.8) is 0 Å². The molecule has 0 N–H and O–H groups in total. The average Bonchev–Trinajstić information content (AvgIpc) is 2.88. The van der Waals surface area contributed by atoms with Gasteiger partial charge in [0.15, 0.2) is 11.6 Å². The Balaban J connectivity index is 1.45. The molecule has 0 spiro atoms.